The van der Waals surface area contributed by atoms with Gasteiger partial charge in [-0.3, -0.25) is 9.69 Å². The third kappa shape index (κ3) is 4.21. The number of ether oxygens (including phenoxy) is 1. The molecule has 0 bridgehead atoms. The summed E-state index contributed by atoms with van der Waals surface area (Å²) in [5, 5.41) is 9.54. The number of rotatable bonds is 5. The van der Waals surface area contributed by atoms with Gasteiger partial charge in [-0.25, -0.2) is 0 Å². The van der Waals surface area contributed by atoms with E-state index >= 15 is 0 Å². The molecule has 1 aliphatic heterocycles. The molecule has 2 aromatic rings. The van der Waals surface area contributed by atoms with E-state index in [4.69, 9.17) is 17.0 Å². The maximum absolute atomic E-state index is 12.6. The largest absolute Gasteiger partial charge is 0.508 e. The van der Waals surface area contributed by atoms with Crippen molar-refractivity contribution in [2.75, 3.05) is 13.7 Å². The molecule has 1 aliphatic rings. The number of aromatic hydroxyl groups is 1. The molecule has 128 valence electrons. The highest BCUT2D eigenvalue weighted by Gasteiger charge is 2.31. The van der Waals surface area contributed by atoms with Crippen molar-refractivity contribution in [1.29, 1.82) is 0 Å². The molecule has 2 aromatic carbocycles. The van der Waals surface area contributed by atoms with Crippen LogP contribution in [0.5, 0.6) is 11.5 Å². The quantitative estimate of drug-likeness (QED) is 0.639. The molecule has 1 heterocycles. The minimum atomic E-state index is -0.0909. The topological polar surface area (TPSA) is 49.8 Å². The zero-order chi connectivity index (χ0) is 17.8. The van der Waals surface area contributed by atoms with Gasteiger partial charge in [-0.2, -0.15) is 0 Å². The van der Waals surface area contributed by atoms with E-state index < -0.39 is 0 Å². The summed E-state index contributed by atoms with van der Waals surface area (Å²) in [4.78, 5) is 14.8. The Balaban J connectivity index is 1.68. The molecule has 0 aromatic heterocycles. The van der Waals surface area contributed by atoms with Crippen LogP contribution in [-0.4, -0.2) is 33.9 Å². The molecule has 1 saturated heterocycles. The van der Waals surface area contributed by atoms with Gasteiger partial charge in [0.2, 0.25) is 0 Å². The second-order valence-electron chi connectivity index (χ2n) is 5.53. The lowest BCUT2D eigenvalue weighted by molar-refractivity contribution is -0.122. The van der Waals surface area contributed by atoms with Crippen LogP contribution in [0.15, 0.2) is 53.4 Å². The minimum Gasteiger partial charge on any atom is -0.508 e. The normalized spacial score (nSPS) is 15.9. The Morgan fingerprint density at radius 2 is 2.00 bits per heavy atom. The molecule has 1 amide bonds. The zero-order valence-corrected chi connectivity index (χ0v) is 15.3. The Hall–Kier alpha value is -2.31. The second-order valence-corrected chi connectivity index (χ2v) is 7.20. The average molecular weight is 371 g/mol. The van der Waals surface area contributed by atoms with E-state index in [0.717, 1.165) is 23.3 Å². The Kier molecular flexibility index (Phi) is 5.40. The standard InChI is InChI=1S/C19H17NO3S2/c1-23-16-7-5-13(6-8-16)9-10-20-18(22)17(25-19(20)24)12-14-3-2-4-15(21)11-14/h2-8,11-12,21H,9-10H2,1H3. The van der Waals surface area contributed by atoms with E-state index in [9.17, 15) is 9.90 Å². The molecule has 0 spiro atoms. The molecule has 1 N–H and O–H groups in total. The van der Waals surface area contributed by atoms with Crippen molar-refractivity contribution in [2.45, 2.75) is 6.42 Å². The number of methoxy groups -OCH3 is 1. The number of nitrogens with zero attached hydrogens (tertiary/aromatic N) is 1. The number of carbonyl (C=O) groups is 1. The number of amides is 1. The van der Waals surface area contributed by atoms with Gasteiger partial charge in [0, 0.05) is 6.54 Å². The summed E-state index contributed by atoms with van der Waals surface area (Å²) in [7, 11) is 1.63. The van der Waals surface area contributed by atoms with Crippen LogP contribution < -0.4 is 4.74 Å². The van der Waals surface area contributed by atoms with E-state index in [1.165, 1.54) is 11.8 Å². The second kappa shape index (κ2) is 7.72. The molecular formula is C19H17NO3S2. The van der Waals surface area contributed by atoms with Crippen LogP contribution in [0.2, 0.25) is 0 Å². The Bertz CT molecular complexity index is 831. The average Bonchev–Trinajstić information content (AvgIpc) is 2.87. The van der Waals surface area contributed by atoms with Gasteiger partial charge in [-0.15, -0.1) is 0 Å². The lowest BCUT2D eigenvalue weighted by Crippen LogP contribution is -2.30. The smallest absolute Gasteiger partial charge is 0.266 e. The van der Waals surface area contributed by atoms with Gasteiger partial charge < -0.3 is 9.84 Å². The van der Waals surface area contributed by atoms with E-state index in [1.807, 2.05) is 30.3 Å². The van der Waals surface area contributed by atoms with Gasteiger partial charge in [0.15, 0.2) is 0 Å². The van der Waals surface area contributed by atoms with E-state index in [1.54, 1.807) is 36.3 Å². The summed E-state index contributed by atoms with van der Waals surface area (Å²) < 4.78 is 5.71. The van der Waals surface area contributed by atoms with Crippen LogP contribution in [0.4, 0.5) is 0 Å². The van der Waals surface area contributed by atoms with E-state index in [2.05, 4.69) is 0 Å². The fourth-order valence-corrected chi connectivity index (χ4v) is 3.80. The monoisotopic (exact) mass is 371 g/mol. The Morgan fingerprint density at radius 1 is 1.24 bits per heavy atom. The van der Waals surface area contributed by atoms with Crippen LogP contribution in [0.1, 0.15) is 11.1 Å². The number of benzene rings is 2. The van der Waals surface area contributed by atoms with Crippen LogP contribution >= 0.6 is 24.0 Å². The highest BCUT2D eigenvalue weighted by molar-refractivity contribution is 8.26. The van der Waals surface area contributed by atoms with Crippen molar-refractivity contribution >= 4 is 40.3 Å². The number of phenolic OH excluding ortho intramolecular Hbond substituents is 1. The first-order chi connectivity index (χ1) is 12.1. The Morgan fingerprint density at radius 3 is 2.68 bits per heavy atom. The molecule has 0 unspecified atom stereocenters. The summed E-state index contributed by atoms with van der Waals surface area (Å²) in [5.41, 5.74) is 1.89. The van der Waals surface area contributed by atoms with Crippen molar-refractivity contribution in [3.05, 3.63) is 64.6 Å². The van der Waals surface area contributed by atoms with Gasteiger partial charge in [0.25, 0.3) is 5.91 Å². The van der Waals surface area contributed by atoms with Crippen molar-refractivity contribution in [1.82, 2.24) is 4.90 Å². The fraction of sp³-hybridized carbons (Fsp3) is 0.158. The maximum atomic E-state index is 12.6. The highest BCUT2D eigenvalue weighted by Crippen LogP contribution is 2.33. The predicted molar refractivity (Wildman–Crippen MR) is 105 cm³/mol. The van der Waals surface area contributed by atoms with E-state index in [-0.39, 0.29) is 11.7 Å². The number of phenols is 1. The third-order valence-electron chi connectivity index (χ3n) is 3.82. The van der Waals surface area contributed by atoms with Gasteiger partial charge in [0.1, 0.15) is 15.8 Å². The van der Waals surface area contributed by atoms with Gasteiger partial charge >= 0.3 is 0 Å². The molecule has 0 radical (unpaired) electrons. The fourth-order valence-electron chi connectivity index (χ4n) is 2.49. The Labute approximate surface area is 156 Å². The number of thiocarbonyl (C=S) groups is 1. The molecule has 1 fully saturated rings. The molecule has 6 heteroatoms. The molecule has 25 heavy (non-hydrogen) atoms. The summed E-state index contributed by atoms with van der Waals surface area (Å²) in [6, 6.07) is 14.6. The van der Waals surface area contributed by atoms with Gasteiger partial charge in [-0.05, 0) is 47.9 Å². The van der Waals surface area contributed by atoms with Crippen molar-refractivity contribution < 1.29 is 14.6 Å². The summed E-state index contributed by atoms with van der Waals surface area (Å²) in [5.74, 6) is 0.888. The van der Waals surface area contributed by atoms with Crippen LogP contribution in [-0.2, 0) is 11.2 Å². The lowest BCUT2D eigenvalue weighted by Gasteiger charge is -2.14. The number of carbonyl (C=O) groups excluding carboxylic acids is 1. The molecule has 0 aliphatic carbocycles. The van der Waals surface area contributed by atoms with Crippen molar-refractivity contribution in [3.8, 4) is 11.5 Å². The molecule has 0 atom stereocenters. The number of hydrogen-bond acceptors (Lipinski definition) is 5. The molecule has 3 rings (SSSR count). The van der Waals surface area contributed by atoms with Gasteiger partial charge in [0.05, 0.1) is 12.0 Å². The molecular weight excluding hydrogens is 354 g/mol. The predicted octanol–water partition coefficient (Wildman–Crippen LogP) is 3.84. The third-order valence-corrected chi connectivity index (χ3v) is 5.20. The molecule has 0 saturated carbocycles. The molecule has 4 nitrogen and oxygen atoms in total. The number of thioether (sulfide) groups is 1. The first-order valence-electron chi connectivity index (χ1n) is 7.74. The summed E-state index contributed by atoms with van der Waals surface area (Å²) in [6.45, 7) is 0.536. The summed E-state index contributed by atoms with van der Waals surface area (Å²) >= 11 is 6.64. The van der Waals surface area contributed by atoms with Crippen LogP contribution in [0.25, 0.3) is 6.08 Å². The summed E-state index contributed by atoms with van der Waals surface area (Å²) in [6.07, 6.45) is 2.47. The lowest BCUT2D eigenvalue weighted by atomic mass is 10.1. The first-order valence-corrected chi connectivity index (χ1v) is 8.96. The van der Waals surface area contributed by atoms with Gasteiger partial charge in [-0.1, -0.05) is 48.2 Å². The highest BCUT2D eigenvalue weighted by atomic mass is 32.2. The first kappa shape index (κ1) is 17.5. The maximum Gasteiger partial charge on any atom is 0.266 e. The minimum absolute atomic E-state index is 0.0909. The number of hydrogen-bond donors (Lipinski definition) is 1. The van der Waals surface area contributed by atoms with E-state index in [0.29, 0.717) is 15.8 Å². The van der Waals surface area contributed by atoms with Crippen LogP contribution in [0.3, 0.4) is 0 Å². The zero-order valence-electron chi connectivity index (χ0n) is 13.6. The van der Waals surface area contributed by atoms with Crippen molar-refractivity contribution in [3.63, 3.8) is 0 Å². The SMILES string of the molecule is COc1ccc(CCN2C(=O)C(=Cc3cccc(O)c3)SC2=S)cc1. The van der Waals surface area contributed by atoms with Crippen LogP contribution in [0, 0.1) is 0 Å². The van der Waals surface area contributed by atoms with Crippen molar-refractivity contribution in [2.24, 2.45) is 0 Å².